The SMILES string of the molecule is CCNc1ccc(CSc2ccc3c(c2)CCC3)cn1. The zero-order valence-corrected chi connectivity index (χ0v) is 12.7. The van der Waals surface area contributed by atoms with Crippen LogP contribution in [-0.2, 0) is 18.6 Å². The molecule has 0 spiro atoms. The summed E-state index contributed by atoms with van der Waals surface area (Å²) in [7, 11) is 0. The van der Waals surface area contributed by atoms with Gasteiger partial charge in [-0.1, -0.05) is 12.1 Å². The summed E-state index contributed by atoms with van der Waals surface area (Å²) in [4.78, 5) is 5.79. The molecule has 3 heteroatoms. The molecule has 0 aliphatic heterocycles. The van der Waals surface area contributed by atoms with Crippen LogP contribution in [0.2, 0.25) is 0 Å². The van der Waals surface area contributed by atoms with Crippen molar-refractivity contribution in [2.45, 2.75) is 36.8 Å². The highest BCUT2D eigenvalue weighted by Crippen LogP contribution is 2.29. The van der Waals surface area contributed by atoms with Crippen molar-refractivity contribution >= 4 is 17.6 Å². The van der Waals surface area contributed by atoms with Crippen LogP contribution in [0.25, 0.3) is 0 Å². The lowest BCUT2D eigenvalue weighted by atomic mass is 10.1. The van der Waals surface area contributed by atoms with Crippen LogP contribution in [0, 0.1) is 0 Å². The van der Waals surface area contributed by atoms with Crippen LogP contribution < -0.4 is 5.32 Å². The number of benzene rings is 1. The molecule has 2 aromatic rings. The van der Waals surface area contributed by atoms with Gasteiger partial charge >= 0.3 is 0 Å². The Morgan fingerprint density at radius 3 is 2.85 bits per heavy atom. The van der Waals surface area contributed by atoms with E-state index in [0.717, 1.165) is 18.1 Å². The van der Waals surface area contributed by atoms with E-state index in [1.807, 2.05) is 18.0 Å². The molecule has 3 rings (SSSR count). The molecule has 1 N–H and O–H groups in total. The first-order valence-electron chi connectivity index (χ1n) is 7.28. The molecule has 1 aromatic carbocycles. The number of thioether (sulfide) groups is 1. The Kier molecular flexibility index (Phi) is 4.26. The largest absolute Gasteiger partial charge is 0.370 e. The summed E-state index contributed by atoms with van der Waals surface area (Å²) in [5.74, 6) is 1.94. The zero-order valence-electron chi connectivity index (χ0n) is 11.9. The summed E-state index contributed by atoms with van der Waals surface area (Å²) in [6.07, 6.45) is 5.80. The normalized spacial score (nSPS) is 13.2. The van der Waals surface area contributed by atoms with Crippen molar-refractivity contribution in [2.75, 3.05) is 11.9 Å². The van der Waals surface area contributed by atoms with E-state index in [-0.39, 0.29) is 0 Å². The minimum Gasteiger partial charge on any atom is -0.370 e. The van der Waals surface area contributed by atoms with E-state index in [2.05, 4.69) is 47.6 Å². The van der Waals surface area contributed by atoms with Gasteiger partial charge < -0.3 is 5.32 Å². The number of pyridine rings is 1. The highest BCUT2D eigenvalue weighted by atomic mass is 32.2. The van der Waals surface area contributed by atoms with Crippen molar-refractivity contribution < 1.29 is 0 Å². The standard InChI is InChI=1S/C17H20N2S/c1-2-18-17-9-6-13(11-19-17)12-20-16-8-7-14-4-3-5-15(14)10-16/h6-11H,2-5,12H2,1H3,(H,18,19). The molecule has 0 fully saturated rings. The minimum atomic E-state index is 0.913. The topological polar surface area (TPSA) is 24.9 Å². The van der Waals surface area contributed by atoms with Gasteiger partial charge in [-0.15, -0.1) is 11.8 Å². The number of nitrogens with zero attached hydrogens (tertiary/aromatic N) is 1. The maximum Gasteiger partial charge on any atom is 0.125 e. The maximum absolute atomic E-state index is 4.41. The number of rotatable bonds is 5. The fraction of sp³-hybridized carbons (Fsp3) is 0.353. The van der Waals surface area contributed by atoms with Gasteiger partial charge in [0.25, 0.3) is 0 Å². The first-order valence-corrected chi connectivity index (χ1v) is 8.27. The van der Waals surface area contributed by atoms with Gasteiger partial charge in [0, 0.05) is 23.4 Å². The summed E-state index contributed by atoms with van der Waals surface area (Å²) in [6.45, 7) is 3.00. The molecule has 0 atom stereocenters. The van der Waals surface area contributed by atoms with Gasteiger partial charge in [-0.3, -0.25) is 0 Å². The molecule has 1 aliphatic carbocycles. The number of hydrogen-bond acceptors (Lipinski definition) is 3. The quantitative estimate of drug-likeness (QED) is 0.829. The Balaban J connectivity index is 1.61. The first-order chi connectivity index (χ1) is 9.85. The van der Waals surface area contributed by atoms with Gasteiger partial charge in [0.2, 0.25) is 0 Å². The van der Waals surface area contributed by atoms with E-state index in [0.29, 0.717) is 0 Å². The fourth-order valence-corrected chi connectivity index (χ4v) is 3.49. The second-order valence-corrected chi connectivity index (χ2v) is 6.20. The fourth-order valence-electron chi connectivity index (χ4n) is 2.60. The van der Waals surface area contributed by atoms with Gasteiger partial charge in [0.15, 0.2) is 0 Å². The zero-order chi connectivity index (χ0) is 13.8. The summed E-state index contributed by atoms with van der Waals surface area (Å²) in [6, 6.07) is 11.1. The Morgan fingerprint density at radius 2 is 2.05 bits per heavy atom. The Hall–Kier alpha value is -1.48. The van der Waals surface area contributed by atoms with E-state index < -0.39 is 0 Å². The maximum atomic E-state index is 4.41. The number of aryl methyl sites for hydroxylation is 2. The van der Waals surface area contributed by atoms with Gasteiger partial charge in [0.1, 0.15) is 5.82 Å². The van der Waals surface area contributed by atoms with Crippen LogP contribution in [0.5, 0.6) is 0 Å². The molecule has 0 bridgehead atoms. The Morgan fingerprint density at radius 1 is 1.15 bits per heavy atom. The predicted molar refractivity (Wildman–Crippen MR) is 86.4 cm³/mol. The lowest BCUT2D eigenvalue weighted by molar-refractivity contribution is 0.911. The van der Waals surface area contributed by atoms with Crippen molar-refractivity contribution in [2.24, 2.45) is 0 Å². The molecule has 0 saturated carbocycles. The Labute approximate surface area is 125 Å². The molecule has 20 heavy (non-hydrogen) atoms. The van der Waals surface area contributed by atoms with Crippen molar-refractivity contribution in [3.63, 3.8) is 0 Å². The van der Waals surface area contributed by atoms with Gasteiger partial charge in [0.05, 0.1) is 0 Å². The van der Waals surface area contributed by atoms with Crippen LogP contribution in [0.4, 0.5) is 5.82 Å². The number of nitrogens with one attached hydrogen (secondary N) is 1. The third kappa shape index (κ3) is 3.15. The van der Waals surface area contributed by atoms with Crippen LogP contribution in [0.1, 0.15) is 30.0 Å². The van der Waals surface area contributed by atoms with E-state index >= 15 is 0 Å². The van der Waals surface area contributed by atoms with Crippen LogP contribution in [-0.4, -0.2) is 11.5 Å². The molecule has 104 valence electrons. The summed E-state index contributed by atoms with van der Waals surface area (Å²) < 4.78 is 0. The predicted octanol–water partition coefficient (Wildman–Crippen LogP) is 4.29. The average molecular weight is 284 g/mol. The molecule has 0 unspecified atom stereocenters. The van der Waals surface area contributed by atoms with E-state index in [1.165, 1.54) is 29.7 Å². The summed E-state index contributed by atoms with van der Waals surface area (Å²) in [5.41, 5.74) is 4.37. The average Bonchev–Trinajstić information content (AvgIpc) is 2.94. The van der Waals surface area contributed by atoms with Crippen LogP contribution in [0.15, 0.2) is 41.4 Å². The molecule has 1 heterocycles. The van der Waals surface area contributed by atoms with Crippen LogP contribution >= 0.6 is 11.8 Å². The smallest absolute Gasteiger partial charge is 0.125 e. The van der Waals surface area contributed by atoms with Crippen molar-refractivity contribution in [1.29, 1.82) is 0 Å². The molecule has 2 nitrogen and oxygen atoms in total. The monoisotopic (exact) mass is 284 g/mol. The van der Waals surface area contributed by atoms with Crippen molar-refractivity contribution in [3.05, 3.63) is 53.2 Å². The molecule has 0 radical (unpaired) electrons. The van der Waals surface area contributed by atoms with E-state index in [1.54, 1.807) is 11.1 Å². The van der Waals surface area contributed by atoms with Crippen LogP contribution in [0.3, 0.4) is 0 Å². The highest BCUT2D eigenvalue weighted by Gasteiger charge is 2.10. The van der Waals surface area contributed by atoms with E-state index in [4.69, 9.17) is 0 Å². The minimum absolute atomic E-state index is 0.913. The molecular formula is C17H20N2S. The lowest BCUT2D eigenvalue weighted by Gasteiger charge is -2.06. The van der Waals surface area contributed by atoms with Gasteiger partial charge in [-0.05, 0) is 61.1 Å². The summed E-state index contributed by atoms with van der Waals surface area (Å²) in [5, 5.41) is 3.22. The first kappa shape index (κ1) is 13.5. The van der Waals surface area contributed by atoms with Gasteiger partial charge in [-0.25, -0.2) is 4.98 Å². The molecule has 0 amide bonds. The number of hydrogen-bond donors (Lipinski definition) is 1. The third-order valence-corrected chi connectivity index (χ3v) is 4.72. The summed E-state index contributed by atoms with van der Waals surface area (Å²) >= 11 is 1.90. The second-order valence-electron chi connectivity index (χ2n) is 5.15. The molecular weight excluding hydrogens is 264 g/mol. The molecule has 1 aromatic heterocycles. The van der Waals surface area contributed by atoms with Crippen molar-refractivity contribution in [3.8, 4) is 0 Å². The number of aromatic nitrogens is 1. The highest BCUT2D eigenvalue weighted by molar-refractivity contribution is 7.98. The molecule has 0 saturated heterocycles. The molecule has 1 aliphatic rings. The van der Waals surface area contributed by atoms with Gasteiger partial charge in [-0.2, -0.15) is 0 Å². The third-order valence-electron chi connectivity index (χ3n) is 3.66. The second kappa shape index (κ2) is 6.31. The number of fused-ring (bicyclic) bond motifs is 1. The Bertz CT molecular complexity index is 578. The van der Waals surface area contributed by atoms with E-state index in [9.17, 15) is 0 Å². The van der Waals surface area contributed by atoms with Crippen molar-refractivity contribution in [1.82, 2.24) is 4.98 Å². The lowest BCUT2D eigenvalue weighted by Crippen LogP contribution is -1.98. The number of anilines is 1.